The first-order valence-electron chi connectivity index (χ1n) is 8.27. The summed E-state index contributed by atoms with van der Waals surface area (Å²) in [6, 6.07) is 16.5. The smallest absolute Gasteiger partial charge is 0.343 e. The molecule has 132 valence electrons. The lowest BCUT2D eigenvalue weighted by atomic mass is 10.0. The van der Waals surface area contributed by atoms with Crippen LogP contribution in [0, 0.1) is 6.92 Å². The fourth-order valence-electron chi connectivity index (χ4n) is 2.84. The third-order valence-electron chi connectivity index (χ3n) is 4.12. The Kier molecular flexibility index (Phi) is 5.24. The predicted octanol–water partition coefficient (Wildman–Crippen LogP) is 4.64. The first-order chi connectivity index (χ1) is 12.5. The Hall–Kier alpha value is -2.85. The Bertz CT molecular complexity index is 992. The lowest BCUT2D eigenvalue weighted by Gasteiger charge is -2.16. The van der Waals surface area contributed by atoms with Gasteiger partial charge in [-0.1, -0.05) is 41.9 Å². The molecular weight excluding hydrogens is 350 g/mol. The van der Waals surface area contributed by atoms with E-state index in [1.54, 1.807) is 44.3 Å². The van der Waals surface area contributed by atoms with Crippen LogP contribution in [0.2, 0.25) is 5.02 Å². The Balaban J connectivity index is 2.31. The number of halogens is 1. The third-order valence-corrected chi connectivity index (χ3v) is 4.37. The molecular formula is C21H18ClNO3. The standard InChI is InChI=1S/C21H18ClNO3/c1-3-26-21(25)19-14(2)23(17-7-5-4-6-8-17)13-18(20(19)24)15-9-11-16(22)12-10-15/h4-13H,3H2,1-2H3. The quantitative estimate of drug-likeness (QED) is 0.631. The van der Waals surface area contributed by atoms with Crippen LogP contribution in [0.25, 0.3) is 16.8 Å². The first-order valence-corrected chi connectivity index (χ1v) is 8.65. The highest BCUT2D eigenvalue weighted by Gasteiger charge is 2.21. The average molecular weight is 368 g/mol. The molecule has 1 heterocycles. The Morgan fingerprint density at radius 3 is 2.35 bits per heavy atom. The van der Waals surface area contributed by atoms with Gasteiger partial charge in [0.15, 0.2) is 0 Å². The fraction of sp³-hybridized carbons (Fsp3) is 0.143. The van der Waals surface area contributed by atoms with Crippen LogP contribution in [0.1, 0.15) is 23.0 Å². The van der Waals surface area contributed by atoms with Gasteiger partial charge in [0.1, 0.15) is 5.56 Å². The molecule has 0 aliphatic heterocycles. The van der Waals surface area contributed by atoms with Crippen molar-refractivity contribution in [2.45, 2.75) is 13.8 Å². The number of carbonyl (C=O) groups is 1. The van der Waals surface area contributed by atoms with E-state index >= 15 is 0 Å². The molecule has 0 saturated carbocycles. The number of ether oxygens (including phenoxy) is 1. The molecule has 0 bridgehead atoms. The van der Waals surface area contributed by atoms with E-state index in [1.165, 1.54) is 0 Å². The van der Waals surface area contributed by atoms with Crippen LogP contribution in [0.3, 0.4) is 0 Å². The van der Waals surface area contributed by atoms with E-state index in [2.05, 4.69) is 0 Å². The highest BCUT2D eigenvalue weighted by atomic mass is 35.5. The zero-order valence-electron chi connectivity index (χ0n) is 14.5. The van der Waals surface area contributed by atoms with Crippen LogP contribution in [-0.4, -0.2) is 17.1 Å². The van der Waals surface area contributed by atoms with Gasteiger partial charge in [0.05, 0.1) is 6.61 Å². The fourth-order valence-corrected chi connectivity index (χ4v) is 2.97. The number of hydrogen-bond acceptors (Lipinski definition) is 3. The molecule has 0 spiro atoms. The minimum absolute atomic E-state index is 0.0446. The second-order valence-corrected chi connectivity index (χ2v) is 6.20. The monoisotopic (exact) mass is 367 g/mol. The molecule has 4 nitrogen and oxygen atoms in total. The molecule has 3 rings (SSSR count). The summed E-state index contributed by atoms with van der Waals surface area (Å²) in [5.74, 6) is -0.615. The van der Waals surface area contributed by atoms with E-state index in [1.807, 2.05) is 34.9 Å². The number of aromatic nitrogens is 1. The number of benzene rings is 2. The molecule has 0 saturated heterocycles. The molecule has 5 heteroatoms. The number of pyridine rings is 1. The highest BCUT2D eigenvalue weighted by molar-refractivity contribution is 6.30. The number of hydrogen-bond donors (Lipinski definition) is 0. The largest absolute Gasteiger partial charge is 0.462 e. The maximum atomic E-state index is 13.0. The van der Waals surface area contributed by atoms with Crippen molar-refractivity contribution in [3.05, 3.63) is 87.3 Å². The topological polar surface area (TPSA) is 48.3 Å². The number of nitrogens with zero attached hydrogens (tertiary/aromatic N) is 1. The van der Waals surface area contributed by atoms with Crippen molar-refractivity contribution in [3.8, 4) is 16.8 Å². The zero-order chi connectivity index (χ0) is 18.7. The first kappa shape index (κ1) is 18.0. The lowest BCUT2D eigenvalue weighted by Crippen LogP contribution is -2.24. The Morgan fingerprint density at radius 2 is 1.73 bits per heavy atom. The summed E-state index contributed by atoms with van der Waals surface area (Å²) >= 11 is 5.96. The van der Waals surface area contributed by atoms with Gasteiger partial charge < -0.3 is 9.30 Å². The van der Waals surface area contributed by atoms with E-state index in [0.717, 1.165) is 5.69 Å². The molecule has 26 heavy (non-hydrogen) atoms. The van der Waals surface area contributed by atoms with Gasteiger partial charge in [0.2, 0.25) is 5.43 Å². The number of carbonyl (C=O) groups excluding carboxylic acids is 1. The van der Waals surface area contributed by atoms with Gasteiger partial charge in [-0.25, -0.2) is 4.79 Å². The van der Waals surface area contributed by atoms with Crippen LogP contribution in [0.15, 0.2) is 65.6 Å². The second-order valence-electron chi connectivity index (χ2n) is 5.77. The van der Waals surface area contributed by atoms with Crippen LogP contribution < -0.4 is 5.43 Å². The Morgan fingerprint density at radius 1 is 1.08 bits per heavy atom. The second kappa shape index (κ2) is 7.58. The van der Waals surface area contributed by atoms with Crippen molar-refractivity contribution in [1.82, 2.24) is 4.57 Å². The van der Waals surface area contributed by atoms with E-state index in [-0.39, 0.29) is 17.6 Å². The number of esters is 1. The molecule has 0 atom stereocenters. The van der Waals surface area contributed by atoms with Crippen molar-refractivity contribution in [3.63, 3.8) is 0 Å². The molecule has 0 aliphatic rings. The summed E-state index contributed by atoms with van der Waals surface area (Å²) in [4.78, 5) is 25.5. The zero-order valence-corrected chi connectivity index (χ0v) is 15.3. The molecule has 0 N–H and O–H groups in total. The Labute approximate surface area is 156 Å². The van der Waals surface area contributed by atoms with Crippen molar-refractivity contribution < 1.29 is 9.53 Å². The minimum atomic E-state index is -0.615. The van der Waals surface area contributed by atoms with Crippen LogP contribution in [0.4, 0.5) is 0 Å². The average Bonchev–Trinajstić information content (AvgIpc) is 2.64. The van der Waals surface area contributed by atoms with Crippen molar-refractivity contribution >= 4 is 17.6 Å². The van der Waals surface area contributed by atoms with Crippen molar-refractivity contribution in [1.29, 1.82) is 0 Å². The summed E-state index contributed by atoms with van der Waals surface area (Å²) in [6.45, 7) is 3.66. The number of para-hydroxylation sites is 1. The van der Waals surface area contributed by atoms with E-state index in [0.29, 0.717) is 21.8 Å². The van der Waals surface area contributed by atoms with E-state index < -0.39 is 5.97 Å². The summed E-state index contributed by atoms with van der Waals surface area (Å²) in [7, 11) is 0. The summed E-state index contributed by atoms with van der Waals surface area (Å²) in [6.07, 6.45) is 1.75. The van der Waals surface area contributed by atoms with Crippen LogP contribution in [-0.2, 0) is 4.74 Å². The molecule has 3 aromatic rings. The SMILES string of the molecule is CCOC(=O)c1c(C)n(-c2ccccc2)cc(-c2ccc(Cl)cc2)c1=O. The highest BCUT2D eigenvalue weighted by Crippen LogP contribution is 2.23. The van der Waals surface area contributed by atoms with Crippen molar-refractivity contribution in [2.24, 2.45) is 0 Å². The molecule has 0 amide bonds. The maximum absolute atomic E-state index is 13.0. The molecule has 0 fully saturated rings. The van der Waals surface area contributed by atoms with Gasteiger partial charge in [0, 0.05) is 28.2 Å². The van der Waals surface area contributed by atoms with Crippen LogP contribution >= 0.6 is 11.6 Å². The lowest BCUT2D eigenvalue weighted by molar-refractivity contribution is 0.0523. The molecule has 0 radical (unpaired) electrons. The van der Waals surface area contributed by atoms with Gasteiger partial charge in [0.25, 0.3) is 0 Å². The van der Waals surface area contributed by atoms with Gasteiger partial charge in [-0.05, 0) is 43.7 Å². The normalized spacial score (nSPS) is 10.6. The summed E-state index contributed by atoms with van der Waals surface area (Å²) in [5.41, 5.74) is 2.19. The molecule has 0 unspecified atom stereocenters. The van der Waals surface area contributed by atoms with Crippen molar-refractivity contribution in [2.75, 3.05) is 6.61 Å². The number of rotatable bonds is 4. The van der Waals surface area contributed by atoms with E-state index in [9.17, 15) is 9.59 Å². The van der Waals surface area contributed by atoms with Gasteiger partial charge in [-0.3, -0.25) is 4.79 Å². The van der Waals surface area contributed by atoms with Crippen LogP contribution in [0.5, 0.6) is 0 Å². The van der Waals surface area contributed by atoms with Gasteiger partial charge in [-0.15, -0.1) is 0 Å². The summed E-state index contributed by atoms with van der Waals surface area (Å²) < 4.78 is 6.95. The summed E-state index contributed by atoms with van der Waals surface area (Å²) in [5, 5.41) is 0.579. The molecule has 2 aromatic carbocycles. The molecule has 0 aliphatic carbocycles. The maximum Gasteiger partial charge on any atom is 0.343 e. The van der Waals surface area contributed by atoms with E-state index in [4.69, 9.17) is 16.3 Å². The van der Waals surface area contributed by atoms with Gasteiger partial charge in [-0.2, -0.15) is 0 Å². The third kappa shape index (κ3) is 3.41. The van der Waals surface area contributed by atoms with Gasteiger partial charge >= 0.3 is 5.97 Å². The molecule has 1 aromatic heterocycles. The minimum Gasteiger partial charge on any atom is -0.462 e. The predicted molar refractivity (Wildman–Crippen MR) is 103 cm³/mol.